The molecule has 0 saturated heterocycles. The molecule has 88 valence electrons. The van der Waals surface area contributed by atoms with Gasteiger partial charge in [0.25, 0.3) is 0 Å². The second-order valence-corrected chi connectivity index (χ2v) is 4.72. The summed E-state index contributed by atoms with van der Waals surface area (Å²) in [6.07, 6.45) is 0. The van der Waals surface area contributed by atoms with Crippen molar-refractivity contribution in [2.75, 3.05) is 18.5 Å². The van der Waals surface area contributed by atoms with Crippen molar-refractivity contribution in [2.45, 2.75) is 20.8 Å². The molecule has 0 fully saturated rings. The van der Waals surface area contributed by atoms with Gasteiger partial charge in [-0.05, 0) is 6.92 Å². The van der Waals surface area contributed by atoms with E-state index in [1.807, 2.05) is 13.8 Å². The highest BCUT2D eigenvalue weighted by Gasteiger charge is 2.19. The van der Waals surface area contributed by atoms with Gasteiger partial charge in [0.15, 0.2) is 0 Å². The number of rotatable bonds is 4. The maximum Gasteiger partial charge on any atom is 0.142 e. The van der Waals surface area contributed by atoms with Crippen molar-refractivity contribution >= 4 is 5.82 Å². The lowest BCUT2D eigenvalue weighted by molar-refractivity contribution is 0.170. The summed E-state index contributed by atoms with van der Waals surface area (Å²) in [5.74, 6) is 0.710. The Balaban J connectivity index is 2.86. The smallest absolute Gasteiger partial charge is 0.142 e. The first kappa shape index (κ1) is 12.5. The summed E-state index contributed by atoms with van der Waals surface area (Å²) < 4.78 is 1.65. The van der Waals surface area contributed by atoms with E-state index in [0.717, 1.165) is 0 Å². The Bertz CT molecular complexity index is 414. The molecule has 0 aliphatic carbocycles. The minimum Gasteiger partial charge on any atom is -0.396 e. The molecular formula is C11H18N4O. The minimum absolute atomic E-state index is 0.0960. The van der Waals surface area contributed by atoms with Gasteiger partial charge < -0.3 is 10.4 Å². The van der Waals surface area contributed by atoms with Crippen LogP contribution in [0.5, 0.6) is 0 Å². The topological polar surface area (TPSA) is 73.9 Å². The molecule has 0 aliphatic heterocycles. The molecule has 0 spiro atoms. The average molecular weight is 222 g/mol. The molecule has 0 atom stereocenters. The normalized spacial score (nSPS) is 11.2. The predicted octanol–water partition coefficient (Wildman–Crippen LogP) is 1.03. The van der Waals surface area contributed by atoms with Crippen molar-refractivity contribution in [1.29, 1.82) is 5.26 Å². The third kappa shape index (κ3) is 2.52. The van der Waals surface area contributed by atoms with E-state index in [4.69, 9.17) is 10.4 Å². The van der Waals surface area contributed by atoms with Crippen molar-refractivity contribution < 1.29 is 5.11 Å². The zero-order valence-electron chi connectivity index (χ0n) is 10.2. The third-order valence-corrected chi connectivity index (χ3v) is 2.50. The lowest BCUT2D eigenvalue weighted by Crippen LogP contribution is -2.27. The van der Waals surface area contributed by atoms with Gasteiger partial charge in [-0.15, -0.1) is 0 Å². The molecule has 5 nitrogen and oxygen atoms in total. The molecule has 1 heterocycles. The third-order valence-electron chi connectivity index (χ3n) is 2.50. The maximum absolute atomic E-state index is 9.15. The van der Waals surface area contributed by atoms with Crippen LogP contribution in [0.2, 0.25) is 0 Å². The lowest BCUT2D eigenvalue weighted by atomic mass is 9.95. The van der Waals surface area contributed by atoms with Gasteiger partial charge in [0.1, 0.15) is 17.5 Å². The van der Waals surface area contributed by atoms with Crippen molar-refractivity contribution in [2.24, 2.45) is 12.5 Å². The van der Waals surface area contributed by atoms with Crippen LogP contribution in [0.15, 0.2) is 0 Å². The summed E-state index contributed by atoms with van der Waals surface area (Å²) in [6.45, 7) is 6.40. The van der Waals surface area contributed by atoms with Gasteiger partial charge in [-0.2, -0.15) is 10.4 Å². The summed E-state index contributed by atoms with van der Waals surface area (Å²) in [5, 5.41) is 25.5. The van der Waals surface area contributed by atoms with E-state index in [1.165, 1.54) is 0 Å². The van der Waals surface area contributed by atoms with Crippen LogP contribution in [0.4, 0.5) is 5.82 Å². The molecule has 1 aromatic rings. The number of aromatic nitrogens is 2. The van der Waals surface area contributed by atoms with Crippen LogP contribution in [0, 0.1) is 23.7 Å². The molecule has 0 aliphatic rings. The van der Waals surface area contributed by atoms with Gasteiger partial charge in [0.05, 0.1) is 5.69 Å². The van der Waals surface area contributed by atoms with Crippen LogP contribution in [0.1, 0.15) is 25.1 Å². The van der Waals surface area contributed by atoms with Crippen LogP contribution in [-0.4, -0.2) is 28.0 Å². The number of anilines is 1. The van der Waals surface area contributed by atoms with Crippen LogP contribution in [0.3, 0.4) is 0 Å². The monoisotopic (exact) mass is 222 g/mol. The average Bonchev–Trinajstić information content (AvgIpc) is 2.50. The first-order chi connectivity index (χ1) is 7.41. The molecule has 0 unspecified atom stereocenters. The van der Waals surface area contributed by atoms with E-state index in [-0.39, 0.29) is 12.0 Å². The molecule has 5 heteroatoms. The molecule has 2 N–H and O–H groups in total. The van der Waals surface area contributed by atoms with Crippen molar-refractivity contribution in [3.05, 3.63) is 11.3 Å². The summed E-state index contributed by atoms with van der Waals surface area (Å²) in [4.78, 5) is 0. The first-order valence-corrected chi connectivity index (χ1v) is 5.19. The molecule has 0 bridgehead atoms. The van der Waals surface area contributed by atoms with Crippen molar-refractivity contribution in [3.63, 3.8) is 0 Å². The summed E-state index contributed by atoms with van der Waals surface area (Å²) in [5.41, 5.74) is 1.07. The Labute approximate surface area is 95.7 Å². The number of nitriles is 1. The molecule has 1 aromatic heterocycles. The number of nitrogens with zero attached hydrogens (tertiary/aromatic N) is 3. The van der Waals surface area contributed by atoms with Crippen LogP contribution < -0.4 is 5.32 Å². The van der Waals surface area contributed by atoms with Gasteiger partial charge in [-0.25, -0.2) is 0 Å². The van der Waals surface area contributed by atoms with Gasteiger partial charge in [0.2, 0.25) is 0 Å². The van der Waals surface area contributed by atoms with E-state index in [0.29, 0.717) is 23.6 Å². The summed E-state index contributed by atoms with van der Waals surface area (Å²) >= 11 is 0. The lowest BCUT2D eigenvalue weighted by Gasteiger charge is -2.22. The van der Waals surface area contributed by atoms with Gasteiger partial charge in [-0.3, -0.25) is 4.68 Å². The number of hydrogen-bond donors (Lipinski definition) is 2. The largest absolute Gasteiger partial charge is 0.396 e. The van der Waals surface area contributed by atoms with E-state index in [1.54, 1.807) is 18.7 Å². The van der Waals surface area contributed by atoms with E-state index in [9.17, 15) is 0 Å². The van der Waals surface area contributed by atoms with E-state index >= 15 is 0 Å². The standard InChI is InChI=1S/C11H18N4O/c1-8-9(5-12)10(15(4)14-8)13-6-11(2,3)7-16/h13,16H,6-7H2,1-4H3. The number of hydrogen-bond acceptors (Lipinski definition) is 4. The Hall–Kier alpha value is -1.54. The van der Waals surface area contributed by atoms with E-state index < -0.39 is 0 Å². The van der Waals surface area contributed by atoms with Crippen molar-refractivity contribution in [1.82, 2.24) is 9.78 Å². The van der Waals surface area contributed by atoms with E-state index in [2.05, 4.69) is 16.5 Å². The van der Waals surface area contributed by atoms with Gasteiger partial charge >= 0.3 is 0 Å². The fourth-order valence-electron chi connectivity index (χ4n) is 1.37. The minimum atomic E-state index is -0.217. The number of aliphatic hydroxyl groups excluding tert-OH is 1. The van der Waals surface area contributed by atoms with Crippen LogP contribution in [0.25, 0.3) is 0 Å². The fourth-order valence-corrected chi connectivity index (χ4v) is 1.37. The highest BCUT2D eigenvalue weighted by atomic mass is 16.3. The highest BCUT2D eigenvalue weighted by molar-refractivity contribution is 5.55. The molecular weight excluding hydrogens is 204 g/mol. The molecule has 1 rings (SSSR count). The Morgan fingerprint density at radius 2 is 2.19 bits per heavy atom. The Morgan fingerprint density at radius 3 is 2.69 bits per heavy atom. The molecule has 0 saturated carbocycles. The maximum atomic E-state index is 9.15. The predicted molar refractivity (Wildman–Crippen MR) is 62.0 cm³/mol. The fraction of sp³-hybridized carbons (Fsp3) is 0.636. The van der Waals surface area contributed by atoms with Crippen molar-refractivity contribution in [3.8, 4) is 6.07 Å². The molecule has 0 amide bonds. The second-order valence-electron chi connectivity index (χ2n) is 4.72. The molecule has 0 radical (unpaired) electrons. The SMILES string of the molecule is Cc1nn(C)c(NCC(C)(C)CO)c1C#N. The number of aliphatic hydroxyl groups is 1. The highest BCUT2D eigenvalue weighted by Crippen LogP contribution is 2.20. The van der Waals surface area contributed by atoms with Crippen LogP contribution in [-0.2, 0) is 7.05 Å². The Morgan fingerprint density at radius 1 is 1.56 bits per heavy atom. The number of aryl methyl sites for hydroxylation is 2. The van der Waals surface area contributed by atoms with Gasteiger partial charge in [0, 0.05) is 25.6 Å². The quantitative estimate of drug-likeness (QED) is 0.798. The zero-order valence-corrected chi connectivity index (χ0v) is 10.2. The van der Waals surface area contributed by atoms with Gasteiger partial charge in [-0.1, -0.05) is 13.8 Å². The summed E-state index contributed by atoms with van der Waals surface area (Å²) in [7, 11) is 1.79. The number of nitrogens with one attached hydrogen (secondary N) is 1. The summed E-state index contributed by atoms with van der Waals surface area (Å²) in [6, 6.07) is 2.13. The molecule has 16 heavy (non-hydrogen) atoms. The van der Waals surface area contributed by atoms with Crippen LogP contribution >= 0.6 is 0 Å². The molecule has 0 aromatic carbocycles. The second kappa shape index (κ2) is 4.54. The first-order valence-electron chi connectivity index (χ1n) is 5.19. The zero-order chi connectivity index (χ0) is 12.3. The Kier molecular flexibility index (Phi) is 3.55.